The molecule has 86 valence electrons. The highest BCUT2D eigenvalue weighted by atomic mass is 15.0. The van der Waals surface area contributed by atoms with Crippen molar-refractivity contribution in [2.45, 2.75) is 0 Å². The van der Waals surface area contributed by atoms with Crippen LogP contribution >= 0.6 is 0 Å². The molecule has 2 aromatic carbocycles. The van der Waals surface area contributed by atoms with E-state index in [1.165, 1.54) is 0 Å². The van der Waals surface area contributed by atoms with Gasteiger partial charge < -0.3 is 4.90 Å². The second kappa shape index (κ2) is 11.5. The van der Waals surface area contributed by atoms with E-state index in [2.05, 4.69) is 0 Å². The van der Waals surface area contributed by atoms with E-state index in [1.54, 1.807) is 0 Å². The van der Waals surface area contributed by atoms with Crippen LogP contribution in [0.4, 0.5) is 0 Å². The minimum Gasteiger partial charge on any atom is -0.312 e. The Kier molecular flexibility index (Phi) is 10.3. The summed E-state index contributed by atoms with van der Waals surface area (Å²) >= 11 is 0. The van der Waals surface area contributed by atoms with E-state index in [9.17, 15) is 0 Å². The van der Waals surface area contributed by atoms with E-state index in [-0.39, 0.29) is 0 Å². The zero-order valence-electron chi connectivity index (χ0n) is 10.4. The van der Waals surface area contributed by atoms with E-state index in [0.29, 0.717) is 0 Å². The second-order valence-electron chi connectivity index (χ2n) is 3.65. The molecule has 0 aliphatic rings. The first-order valence-electron chi connectivity index (χ1n) is 5.34. The van der Waals surface area contributed by atoms with Crippen LogP contribution in [0.15, 0.2) is 72.8 Å². The van der Waals surface area contributed by atoms with Gasteiger partial charge in [-0.15, -0.1) is 0 Å². The second-order valence-corrected chi connectivity index (χ2v) is 3.65. The molecule has 0 atom stereocenters. The van der Waals surface area contributed by atoms with E-state index < -0.39 is 0 Å². The zero-order chi connectivity index (χ0) is 12.1. The number of benzene rings is 2. The predicted octanol–water partition coefficient (Wildman–Crippen LogP) is 3.55. The normalized spacial score (nSPS) is 8.25. The Hall–Kier alpha value is -1.60. The third-order valence-electron chi connectivity index (χ3n) is 1.33. The van der Waals surface area contributed by atoms with Gasteiger partial charge in [0.05, 0.1) is 0 Å². The molecule has 0 radical (unpaired) electrons. The lowest BCUT2D eigenvalue weighted by Crippen LogP contribution is -1.99. The van der Waals surface area contributed by atoms with Gasteiger partial charge in [0.25, 0.3) is 0 Å². The monoisotopic (exact) mass is 215 g/mol. The van der Waals surface area contributed by atoms with Crippen molar-refractivity contribution in [1.82, 2.24) is 4.90 Å². The molecule has 2 aromatic rings. The molecular formula is C15H21N. The minimum atomic E-state index is 2.00. The molecule has 0 aliphatic heterocycles. The first-order valence-corrected chi connectivity index (χ1v) is 5.34. The minimum absolute atomic E-state index is 2.00. The molecule has 0 aromatic heterocycles. The molecule has 0 aliphatic carbocycles. The van der Waals surface area contributed by atoms with Gasteiger partial charge in [-0.2, -0.15) is 0 Å². The molecule has 0 unspecified atom stereocenters. The number of nitrogens with zero attached hydrogens (tertiary/aromatic N) is 1. The van der Waals surface area contributed by atoms with E-state index in [0.717, 1.165) is 0 Å². The molecule has 0 N–H and O–H groups in total. The Bertz CT molecular complexity index is 215. The van der Waals surface area contributed by atoms with Crippen molar-refractivity contribution in [3.8, 4) is 0 Å². The van der Waals surface area contributed by atoms with Gasteiger partial charge >= 0.3 is 0 Å². The molecule has 0 saturated carbocycles. The van der Waals surface area contributed by atoms with E-state index >= 15 is 0 Å². The molecule has 0 fully saturated rings. The Morgan fingerprint density at radius 1 is 0.375 bits per heavy atom. The SMILES string of the molecule is CN(C)C.c1ccccc1.c1ccccc1. The fourth-order valence-corrected chi connectivity index (χ4v) is 0.770. The van der Waals surface area contributed by atoms with Crippen LogP contribution in [0.3, 0.4) is 0 Å². The summed E-state index contributed by atoms with van der Waals surface area (Å²) in [5, 5.41) is 0. The predicted molar refractivity (Wildman–Crippen MR) is 72.5 cm³/mol. The molecule has 0 bridgehead atoms. The Labute approximate surface area is 99.4 Å². The van der Waals surface area contributed by atoms with Crippen LogP contribution in [0.25, 0.3) is 0 Å². The summed E-state index contributed by atoms with van der Waals surface area (Å²) in [6.45, 7) is 0. The van der Waals surface area contributed by atoms with Crippen LogP contribution in [-0.4, -0.2) is 26.0 Å². The summed E-state index contributed by atoms with van der Waals surface area (Å²) in [7, 11) is 6.00. The third kappa shape index (κ3) is 14.9. The zero-order valence-corrected chi connectivity index (χ0v) is 10.4. The molecule has 0 amide bonds. The van der Waals surface area contributed by atoms with Crippen molar-refractivity contribution in [2.75, 3.05) is 21.1 Å². The van der Waals surface area contributed by atoms with Gasteiger partial charge in [0, 0.05) is 0 Å². The van der Waals surface area contributed by atoms with Gasteiger partial charge in [0.2, 0.25) is 0 Å². The van der Waals surface area contributed by atoms with Crippen molar-refractivity contribution in [3.63, 3.8) is 0 Å². The van der Waals surface area contributed by atoms with Crippen LogP contribution in [0.5, 0.6) is 0 Å². The third-order valence-corrected chi connectivity index (χ3v) is 1.33. The Balaban J connectivity index is 0.000000217. The van der Waals surface area contributed by atoms with E-state index in [1.807, 2.05) is 98.8 Å². The summed E-state index contributed by atoms with van der Waals surface area (Å²) in [6, 6.07) is 24.0. The average molecular weight is 215 g/mol. The highest BCUT2D eigenvalue weighted by molar-refractivity contribution is 4.99. The number of hydrogen-bond acceptors (Lipinski definition) is 1. The lowest BCUT2D eigenvalue weighted by Gasteiger charge is -1.90. The smallest absolute Gasteiger partial charge is 0.0140 e. The summed E-state index contributed by atoms with van der Waals surface area (Å²) in [4.78, 5) is 2.00. The maximum Gasteiger partial charge on any atom is -0.0140 e. The van der Waals surface area contributed by atoms with Crippen LogP contribution in [-0.2, 0) is 0 Å². The molecule has 0 saturated heterocycles. The fourth-order valence-electron chi connectivity index (χ4n) is 0.770. The van der Waals surface area contributed by atoms with Crippen LogP contribution in [0.1, 0.15) is 0 Å². The van der Waals surface area contributed by atoms with Crippen molar-refractivity contribution in [2.24, 2.45) is 0 Å². The highest BCUT2D eigenvalue weighted by Crippen LogP contribution is 1.80. The largest absolute Gasteiger partial charge is 0.312 e. The maximum absolute atomic E-state index is 2.00. The van der Waals surface area contributed by atoms with Crippen molar-refractivity contribution in [3.05, 3.63) is 72.8 Å². The lowest BCUT2D eigenvalue weighted by atomic mass is 10.4. The van der Waals surface area contributed by atoms with Crippen molar-refractivity contribution >= 4 is 0 Å². The summed E-state index contributed by atoms with van der Waals surface area (Å²) in [6.07, 6.45) is 0. The van der Waals surface area contributed by atoms with Crippen molar-refractivity contribution in [1.29, 1.82) is 0 Å². The first-order chi connectivity index (χ1) is 7.73. The van der Waals surface area contributed by atoms with Gasteiger partial charge in [0.1, 0.15) is 0 Å². The number of hydrogen-bond donors (Lipinski definition) is 0. The van der Waals surface area contributed by atoms with Gasteiger partial charge in [-0.25, -0.2) is 0 Å². The molecule has 0 spiro atoms. The molecule has 2 rings (SSSR count). The maximum atomic E-state index is 2.00. The number of rotatable bonds is 0. The molecule has 0 heterocycles. The standard InChI is InChI=1S/2C6H6.C3H9N/c2*1-2-4-6-5-3-1;1-4(2)3/h2*1-6H;1-3H3. The Morgan fingerprint density at radius 2 is 0.438 bits per heavy atom. The van der Waals surface area contributed by atoms with Crippen LogP contribution < -0.4 is 0 Å². The van der Waals surface area contributed by atoms with Crippen LogP contribution in [0, 0.1) is 0 Å². The summed E-state index contributed by atoms with van der Waals surface area (Å²) in [5.41, 5.74) is 0. The fraction of sp³-hybridized carbons (Fsp3) is 0.200. The molecule has 1 nitrogen and oxygen atoms in total. The van der Waals surface area contributed by atoms with Gasteiger partial charge in [-0.05, 0) is 21.1 Å². The van der Waals surface area contributed by atoms with Gasteiger partial charge in [0.15, 0.2) is 0 Å². The first kappa shape index (κ1) is 14.4. The summed E-state index contributed by atoms with van der Waals surface area (Å²) < 4.78 is 0. The van der Waals surface area contributed by atoms with Crippen molar-refractivity contribution < 1.29 is 0 Å². The van der Waals surface area contributed by atoms with Crippen LogP contribution in [0.2, 0.25) is 0 Å². The van der Waals surface area contributed by atoms with Gasteiger partial charge in [-0.1, -0.05) is 72.8 Å². The topological polar surface area (TPSA) is 3.24 Å². The highest BCUT2D eigenvalue weighted by Gasteiger charge is 1.59. The molecule has 1 heteroatoms. The Morgan fingerprint density at radius 3 is 0.500 bits per heavy atom. The molecule has 16 heavy (non-hydrogen) atoms. The van der Waals surface area contributed by atoms with E-state index in [4.69, 9.17) is 0 Å². The quantitative estimate of drug-likeness (QED) is 0.649. The lowest BCUT2D eigenvalue weighted by molar-refractivity contribution is 0.505. The van der Waals surface area contributed by atoms with Gasteiger partial charge in [-0.3, -0.25) is 0 Å². The summed E-state index contributed by atoms with van der Waals surface area (Å²) in [5.74, 6) is 0. The average Bonchev–Trinajstić information content (AvgIpc) is 2.34. The molecular weight excluding hydrogens is 194 g/mol.